The largest absolute Gasteiger partial charge is 0.500 e. The molecule has 182 valence electrons. The van der Waals surface area contributed by atoms with Gasteiger partial charge in [0.1, 0.15) is 0 Å². The van der Waals surface area contributed by atoms with E-state index in [1.54, 1.807) is 0 Å². The van der Waals surface area contributed by atoms with E-state index in [2.05, 4.69) is 35.0 Å². The second kappa shape index (κ2) is 16.4. The van der Waals surface area contributed by atoms with Gasteiger partial charge in [0.15, 0.2) is 8.32 Å². The zero-order valence-corrected chi connectivity index (χ0v) is 22.9. The first-order valence-corrected chi connectivity index (χ1v) is 17.0. The molecule has 0 radical (unpaired) electrons. The van der Waals surface area contributed by atoms with E-state index < -0.39 is 17.1 Å². The molecule has 1 aromatic heterocycles. The summed E-state index contributed by atoms with van der Waals surface area (Å²) in [5.74, 6) is 0. The van der Waals surface area contributed by atoms with Gasteiger partial charge in [-0.2, -0.15) is 0 Å². The molecule has 0 atom stereocenters. The average molecular weight is 482 g/mol. The molecule has 0 N–H and O–H groups in total. The summed E-state index contributed by atoms with van der Waals surface area (Å²) in [6.07, 6.45) is 7.45. The predicted octanol–water partition coefficient (Wildman–Crippen LogP) is 4.99. The lowest BCUT2D eigenvalue weighted by molar-refractivity contribution is 0.0710. The SMILES string of the molecule is CCO[Si](C)(C)CCC/N=C/c1ccc(/C=N/CCC[Si](OCC)(OCC)OCC)cn1. The summed E-state index contributed by atoms with van der Waals surface area (Å²) in [5, 5.41) is 0. The molecule has 0 saturated carbocycles. The predicted molar refractivity (Wildman–Crippen MR) is 138 cm³/mol. The van der Waals surface area contributed by atoms with Crippen LogP contribution in [0.5, 0.6) is 0 Å². The van der Waals surface area contributed by atoms with Crippen molar-refractivity contribution in [3.05, 3.63) is 29.6 Å². The van der Waals surface area contributed by atoms with Crippen LogP contribution in [0, 0.1) is 0 Å². The molecule has 7 nitrogen and oxygen atoms in total. The van der Waals surface area contributed by atoms with Crippen molar-refractivity contribution in [1.82, 2.24) is 4.98 Å². The highest BCUT2D eigenvalue weighted by molar-refractivity contribution is 6.71. The van der Waals surface area contributed by atoms with Gasteiger partial charge in [0.05, 0.1) is 5.69 Å². The van der Waals surface area contributed by atoms with Gasteiger partial charge in [-0.1, -0.05) is 0 Å². The minimum Gasteiger partial charge on any atom is -0.418 e. The lowest BCUT2D eigenvalue weighted by Crippen LogP contribution is -2.46. The lowest BCUT2D eigenvalue weighted by Gasteiger charge is -2.28. The number of pyridine rings is 1. The number of aliphatic imine (C=N–C) groups is 2. The monoisotopic (exact) mass is 481 g/mol. The summed E-state index contributed by atoms with van der Waals surface area (Å²) in [5.41, 5.74) is 1.85. The van der Waals surface area contributed by atoms with Gasteiger partial charge in [0.2, 0.25) is 0 Å². The molecule has 0 aromatic carbocycles. The highest BCUT2D eigenvalue weighted by Crippen LogP contribution is 2.18. The zero-order chi connectivity index (χ0) is 23.7. The Kier molecular flexibility index (Phi) is 14.7. The fourth-order valence-corrected chi connectivity index (χ4v) is 7.87. The minimum absolute atomic E-state index is 0.601. The second-order valence-electron chi connectivity index (χ2n) is 7.97. The zero-order valence-electron chi connectivity index (χ0n) is 20.9. The van der Waals surface area contributed by atoms with Crippen molar-refractivity contribution in [2.45, 2.75) is 65.7 Å². The van der Waals surface area contributed by atoms with Gasteiger partial charge >= 0.3 is 8.80 Å². The Morgan fingerprint density at radius 3 is 1.88 bits per heavy atom. The van der Waals surface area contributed by atoms with Crippen molar-refractivity contribution >= 4 is 29.6 Å². The highest BCUT2D eigenvalue weighted by Gasteiger charge is 2.39. The van der Waals surface area contributed by atoms with Crippen LogP contribution < -0.4 is 0 Å². The summed E-state index contributed by atoms with van der Waals surface area (Å²) in [6, 6.07) is 5.89. The van der Waals surface area contributed by atoms with Crippen LogP contribution in [0.3, 0.4) is 0 Å². The van der Waals surface area contributed by atoms with Crippen molar-refractivity contribution in [3.63, 3.8) is 0 Å². The molecule has 1 aromatic rings. The standard InChI is InChI=1S/C23H43N3O4Si2/c1-7-27-31(5,6)17-11-15-25-21-23-14-13-22(20-26-23)19-24-16-12-18-32(28-8-2,29-9-3)30-10-4/h13-14,19-21H,7-12,15-18H2,1-6H3/b24-19+,25-21+. The van der Waals surface area contributed by atoms with Crippen molar-refractivity contribution < 1.29 is 17.7 Å². The van der Waals surface area contributed by atoms with Crippen molar-refractivity contribution in [2.75, 3.05) is 39.5 Å². The van der Waals surface area contributed by atoms with Crippen molar-refractivity contribution in [3.8, 4) is 0 Å². The van der Waals surface area contributed by atoms with E-state index in [1.807, 2.05) is 51.5 Å². The Morgan fingerprint density at radius 1 is 0.781 bits per heavy atom. The first-order chi connectivity index (χ1) is 15.4. The Bertz CT molecular complexity index is 653. The number of rotatable bonds is 18. The first-order valence-electron chi connectivity index (χ1n) is 11.9. The van der Waals surface area contributed by atoms with Crippen LogP contribution in [-0.2, 0) is 17.7 Å². The molecular weight excluding hydrogens is 438 g/mol. The molecule has 0 spiro atoms. The molecule has 0 aliphatic carbocycles. The molecule has 0 amide bonds. The van der Waals surface area contributed by atoms with Gasteiger partial charge in [-0.25, -0.2) is 0 Å². The van der Waals surface area contributed by atoms with E-state index in [1.165, 1.54) is 0 Å². The second-order valence-corrected chi connectivity index (χ2v) is 15.0. The van der Waals surface area contributed by atoms with E-state index in [4.69, 9.17) is 17.7 Å². The molecule has 0 aliphatic rings. The Balaban J connectivity index is 2.41. The fourth-order valence-electron chi connectivity index (χ4n) is 3.34. The molecule has 0 unspecified atom stereocenters. The summed E-state index contributed by atoms with van der Waals surface area (Å²) in [7, 11) is -4.08. The Hall–Kier alpha value is -1.24. The van der Waals surface area contributed by atoms with Crippen LogP contribution in [0.4, 0.5) is 0 Å². The van der Waals surface area contributed by atoms with Gasteiger partial charge in [-0.15, -0.1) is 0 Å². The van der Waals surface area contributed by atoms with Gasteiger partial charge in [0, 0.05) is 69.8 Å². The van der Waals surface area contributed by atoms with Gasteiger partial charge in [-0.05, 0) is 71.8 Å². The molecule has 0 aliphatic heterocycles. The highest BCUT2D eigenvalue weighted by atomic mass is 28.4. The molecular formula is C23H43N3O4Si2. The summed E-state index contributed by atoms with van der Waals surface area (Å²) in [6.45, 7) is 16.6. The molecule has 1 rings (SSSR count). The maximum Gasteiger partial charge on any atom is 0.500 e. The molecule has 0 fully saturated rings. The maximum absolute atomic E-state index is 5.88. The van der Waals surface area contributed by atoms with Gasteiger partial charge in [0.25, 0.3) is 0 Å². The topological polar surface area (TPSA) is 74.5 Å². The van der Waals surface area contributed by atoms with E-state index in [9.17, 15) is 0 Å². The van der Waals surface area contributed by atoms with Crippen LogP contribution in [-0.4, -0.2) is 74.1 Å². The molecule has 1 heterocycles. The van der Waals surface area contributed by atoms with Crippen LogP contribution in [0.2, 0.25) is 25.2 Å². The molecule has 32 heavy (non-hydrogen) atoms. The first kappa shape index (κ1) is 28.8. The smallest absolute Gasteiger partial charge is 0.418 e. The molecule has 0 saturated heterocycles. The molecule has 0 bridgehead atoms. The van der Waals surface area contributed by atoms with Crippen LogP contribution >= 0.6 is 0 Å². The summed E-state index contributed by atoms with van der Waals surface area (Å²) < 4.78 is 23.5. The van der Waals surface area contributed by atoms with E-state index in [-0.39, 0.29) is 0 Å². The Labute approximate surface area is 197 Å². The minimum atomic E-state index is -2.57. The summed E-state index contributed by atoms with van der Waals surface area (Å²) in [4.78, 5) is 13.5. The van der Waals surface area contributed by atoms with Gasteiger partial charge < -0.3 is 17.7 Å². The van der Waals surface area contributed by atoms with E-state index in [0.29, 0.717) is 26.4 Å². The number of hydrogen-bond donors (Lipinski definition) is 0. The number of nitrogens with zero attached hydrogens (tertiary/aromatic N) is 3. The number of aromatic nitrogens is 1. The molecule has 9 heteroatoms. The van der Waals surface area contributed by atoms with Crippen molar-refractivity contribution in [1.29, 1.82) is 0 Å². The summed E-state index contributed by atoms with van der Waals surface area (Å²) >= 11 is 0. The lowest BCUT2D eigenvalue weighted by atomic mass is 10.3. The van der Waals surface area contributed by atoms with E-state index in [0.717, 1.165) is 49.3 Å². The van der Waals surface area contributed by atoms with Crippen LogP contribution in [0.1, 0.15) is 51.8 Å². The quantitative estimate of drug-likeness (QED) is 0.168. The third-order valence-corrected chi connectivity index (χ3v) is 10.5. The fraction of sp³-hybridized carbons (Fsp3) is 0.696. The van der Waals surface area contributed by atoms with Crippen molar-refractivity contribution in [2.24, 2.45) is 9.98 Å². The Morgan fingerprint density at radius 2 is 1.34 bits per heavy atom. The average Bonchev–Trinajstić information content (AvgIpc) is 2.75. The third kappa shape index (κ3) is 12.1. The maximum atomic E-state index is 5.88. The normalized spacial score (nSPS) is 12.9. The van der Waals surface area contributed by atoms with Gasteiger partial charge in [-0.3, -0.25) is 15.0 Å². The number of hydrogen-bond acceptors (Lipinski definition) is 7. The third-order valence-electron chi connectivity index (χ3n) is 4.74. The van der Waals surface area contributed by atoms with Crippen LogP contribution in [0.15, 0.2) is 28.3 Å². The van der Waals surface area contributed by atoms with E-state index >= 15 is 0 Å². The van der Waals surface area contributed by atoms with Crippen LogP contribution in [0.25, 0.3) is 0 Å².